The summed E-state index contributed by atoms with van der Waals surface area (Å²) in [7, 11) is 0. The Morgan fingerprint density at radius 1 is 1.40 bits per heavy atom. The number of aromatic nitrogens is 1. The number of hydrogen-bond donors (Lipinski definition) is 3. The van der Waals surface area contributed by atoms with Gasteiger partial charge in [0.05, 0.1) is 12.7 Å². The number of anilines is 1. The highest BCUT2D eigenvalue weighted by molar-refractivity contribution is 5.85. The summed E-state index contributed by atoms with van der Waals surface area (Å²) < 4.78 is 14.0. The molecule has 0 aliphatic carbocycles. The van der Waals surface area contributed by atoms with Crippen LogP contribution in [0.15, 0.2) is 12.3 Å². The van der Waals surface area contributed by atoms with Crippen LogP contribution in [0.1, 0.15) is 12.0 Å². The van der Waals surface area contributed by atoms with Crippen LogP contribution in [0.5, 0.6) is 0 Å². The van der Waals surface area contributed by atoms with Gasteiger partial charge in [-0.25, -0.2) is 9.37 Å². The van der Waals surface area contributed by atoms with E-state index in [4.69, 9.17) is 5.11 Å². The Kier molecular flexibility index (Phi) is 7.15. The summed E-state index contributed by atoms with van der Waals surface area (Å²) in [5, 5.41) is 21.2. The van der Waals surface area contributed by atoms with E-state index in [1.54, 1.807) is 6.20 Å². The largest absolute Gasteiger partial charge is 0.394 e. The third-order valence-corrected chi connectivity index (χ3v) is 3.27. The van der Waals surface area contributed by atoms with Crippen molar-refractivity contribution in [2.45, 2.75) is 18.9 Å². The van der Waals surface area contributed by atoms with Gasteiger partial charge in [-0.05, 0) is 24.5 Å². The molecule has 0 saturated carbocycles. The summed E-state index contributed by atoms with van der Waals surface area (Å²) in [6.45, 7) is 2.92. The average Bonchev–Trinajstić information content (AvgIpc) is 2.45. The molecule has 1 aliphatic heterocycles. The standard InChI is InChI=1S/C13H20FN3O2.ClH/c14-12-7-10(1-2-11(19)9-18)8-16-13(12)17-5-3-15-4-6-17;/h7-8,11,15,18-19H,1-6,9H2;1H/t11-;/m0./s1. The van der Waals surface area contributed by atoms with E-state index < -0.39 is 6.10 Å². The Balaban J connectivity index is 0.00000200. The highest BCUT2D eigenvalue weighted by Gasteiger charge is 2.16. The zero-order valence-electron chi connectivity index (χ0n) is 11.3. The van der Waals surface area contributed by atoms with Gasteiger partial charge in [-0.15, -0.1) is 12.4 Å². The highest BCUT2D eigenvalue weighted by Crippen LogP contribution is 2.18. The van der Waals surface area contributed by atoms with E-state index in [9.17, 15) is 9.50 Å². The van der Waals surface area contributed by atoms with Crippen LogP contribution in [-0.2, 0) is 6.42 Å². The van der Waals surface area contributed by atoms with Crippen molar-refractivity contribution in [1.29, 1.82) is 0 Å². The first-order valence-electron chi connectivity index (χ1n) is 6.59. The number of hydrogen-bond acceptors (Lipinski definition) is 5. The summed E-state index contributed by atoms with van der Waals surface area (Å²) >= 11 is 0. The van der Waals surface area contributed by atoms with Gasteiger partial charge in [-0.2, -0.15) is 0 Å². The van der Waals surface area contributed by atoms with Crippen LogP contribution in [0.2, 0.25) is 0 Å². The van der Waals surface area contributed by atoms with Crippen molar-refractivity contribution in [3.63, 3.8) is 0 Å². The monoisotopic (exact) mass is 305 g/mol. The first kappa shape index (κ1) is 17.1. The Labute approximate surface area is 124 Å². The molecule has 7 heteroatoms. The zero-order chi connectivity index (χ0) is 13.7. The lowest BCUT2D eigenvalue weighted by atomic mass is 10.1. The molecule has 1 aromatic heterocycles. The molecule has 3 N–H and O–H groups in total. The van der Waals surface area contributed by atoms with E-state index in [1.807, 2.05) is 4.90 Å². The number of piperazine rings is 1. The Morgan fingerprint density at radius 3 is 2.70 bits per heavy atom. The summed E-state index contributed by atoms with van der Waals surface area (Å²) in [6.07, 6.45) is 1.80. The van der Waals surface area contributed by atoms with Crippen molar-refractivity contribution in [3.8, 4) is 0 Å². The smallest absolute Gasteiger partial charge is 0.165 e. The third kappa shape index (κ3) is 4.56. The van der Waals surface area contributed by atoms with Crippen molar-refractivity contribution in [2.24, 2.45) is 0 Å². The quantitative estimate of drug-likeness (QED) is 0.732. The number of aliphatic hydroxyl groups is 2. The summed E-state index contributed by atoms with van der Waals surface area (Å²) in [4.78, 5) is 6.11. The van der Waals surface area contributed by atoms with Crippen LogP contribution in [0.3, 0.4) is 0 Å². The van der Waals surface area contributed by atoms with Crippen molar-refractivity contribution < 1.29 is 14.6 Å². The topological polar surface area (TPSA) is 68.6 Å². The number of pyridine rings is 1. The van der Waals surface area contributed by atoms with Crippen LogP contribution in [0.25, 0.3) is 0 Å². The Morgan fingerprint density at radius 2 is 2.10 bits per heavy atom. The molecule has 20 heavy (non-hydrogen) atoms. The molecule has 0 aromatic carbocycles. The molecule has 0 amide bonds. The van der Waals surface area contributed by atoms with Crippen molar-refractivity contribution >= 4 is 18.2 Å². The molecule has 114 valence electrons. The number of nitrogens with one attached hydrogen (secondary N) is 1. The van der Waals surface area contributed by atoms with Crippen molar-refractivity contribution in [2.75, 3.05) is 37.7 Å². The van der Waals surface area contributed by atoms with Crippen LogP contribution < -0.4 is 10.2 Å². The number of aliphatic hydroxyl groups excluding tert-OH is 2. The highest BCUT2D eigenvalue weighted by atomic mass is 35.5. The number of nitrogens with zero attached hydrogens (tertiary/aromatic N) is 2. The van der Waals surface area contributed by atoms with Gasteiger partial charge in [0, 0.05) is 32.4 Å². The fraction of sp³-hybridized carbons (Fsp3) is 0.615. The summed E-state index contributed by atoms with van der Waals surface area (Å²) in [5.41, 5.74) is 0.740. The molecule has 5 nitrogen and oxygen atoms in total. The Bertz CT molecular complexity index is 417. The first-order valence-corrected chi connectivity index (χ1v) is 6.59. The Hall–Kier alpha value is -0.950. The van der Waals surface area contributed by atoms with E-state index in [1.165, 1.54) is 6.07 Å². The molecule has 1 fully saturated rings. The molecule has 1 aliphatic rings. The molecule has 1 saturated heterocycles. The molecular formula is C13H21ClFN3O2. The second kappa shape index (κ2) is 8.36. The second-order valence-corrected chi connectivity index (χ2v) is 4.76. The normalized spacial score (nSPS) is 16.6. The fourth-order valence-corrected chi connectivity index (χ4v) is 2.14. The maximum Gasteiger partial charge on any atom is 0.165 e. The first-order chi connectivity index (χ1) is 9.20. The number of aryl methyl sites for hydroxylation is 1. The van der Waals surface area contributed by atoms with Gasteiger partial charge in [0.15, 0.2) is 11.6 Å². The SMILES string of the molecule is Cl.OC[C@@H](O)CCc1cnc(N2CCNCC2)c(F)c1. The minimum Gasteiger partial charge on any atom is -0.394 e. The van der Waals surface area contributed by atoms with E-state index in [0.717, 1.165) is 31.7 Å². The molecule has 0 spiro atoms. The fourth-order valence-electron chi connectivity index (χ4n) is 2.14. The van der Waals surface area contributed by atoms with Gasteiger partial charge < -0.3 is 20.4 Å². The molecule has 0 radical (unpaired) electrons. The molecule has 1 atom stereocenters. The van der Waals surface area contributed by atoms with E-state index in [2.05, 4.69) is 10.3 Å². The maximum absolute atomic E-state index is 14.0. The van der Waals surface area contributed by atoms with Gasteiger partial charge in [0.1, 0.15) is 0 Å². The third-order valence-electron chi connectivity index (χ3n) is 3.27. The minimum absolute atomic E-state index is 0. The molecule has 0 bridgehead atoms. The lowest BCUT2D eigenvalue weighted by Gasteiger charge is -2.28. The van der Waals surface area contributed by atoms with Gasteiger partial charge in [0.2, 0.25) is 0 Å². The predicted molar refractivity (Wildman–Crippen MR) is 77.9 cm³/mol. The summed E-state index contributed by atoms with van der Waals surface area (Å²) in [5.74, 6) is 0.0749. The lowest BCUT2D eigenvalue weighted by molar-refractivity contribution is 0.0885. The number of halogens is 2. The predicted octanol–water partition coefficient (Wildman–Crippen LogP) is 0.338. The molecular weight excluding hydrogens is 285 g/mol. The molecule has 1 aromatic rings. The summed E-state index contributed by atoms with van der Waals surface area (Å²) in [6, 6.07) is 1.47. The van der Waals surface area contributed by atoms with E-state index in [-0.39, 0.29) is 24.8 Å². The van der Waals surface area contributed by atoms with Crippen LogP contribution in [0, 0.1) is 5.82 Å². The number of rotatable bonds is 5. The van der Waals surface area contributed by atoms with Gasteiger partial charge >= 0.3 is 0 Å². The van der Waals surface area contributed by atoms with E-state index in [0.29, 0.717) is 18.7 Å². The zero-order valence-corrected chi connectivity index (χ0v) is 12.1. The van der Waals surface area contributed by atoms with Gasteiger partial charge in [-0.1, -0.05) is 0 Å². The van der Waals surface area contributed by atoms with Crippen LogP contribution in [-0.4, -0.2) is 54.1 Å². The van der Waals surface area contributed by atoms with Gasteiger partial charge in [-0.3, -0.25) is 0 Å². The van der Waals surface area contributed by atoms with Crippen LogP contribution in [0.4, 0.5) is 10.2 Å². The van der Waals surface area contributed by atoms with Crippen molar-refractivity contribution in [1.82, 2.24) is 10.3 Å². The second-order valence-electron chi connectivity index (χ2n) is 4.76. The van der Waals surface area contributed by atoms with Gasteiger partial charge in [0.25, 0.3) is 0 Å². The van der Waals surface area contributed by atoms with Crippen molar-refractivity contribution in [3.05, 3.63) is 23.6 Å². The van der Waals surface area contributed by atoms with E-state index >= 15 is 0 Å². The molecule has 2 rings (SSSR count). The average molecular weight is 306 g/mol. The minimum atomic E-state index is -0.754. The molecule has 0 unspecified atom stereocenters. The maximum atomic E-state index is 14.0. The molecule has 2 heterocycles. The lowest BCUT2D eigenvalue weighted by Crippen LogP contribution is -2.44. The van der Waals surface area contributed by atoms with Crippen LogP contribution >= 0.6 is 12.4 Å².